The smallest absolute Gasteiger partial charge is 0.296 e. The summed E-state index contributed by atoms with van der Waals surface area (Å²) < 4.78 is 33.4. The maximum absolute atomic E-state index is 13.5. The second-order valence-electron chi connectivity index (χ2n) is 11.1. The van der Waals surface area contributed by atoms with E-state index in [0.717, 1.165) is 11.8 Å². The second-order valence-corrected chi connectivity index (χ2v) is 16.7. The lowest BCUT2D eigenvalue weighted by atomic mass is 10.1. The van der Waals surface area contributed by atoms with Gasteiger partial charge in [0.15, 0.2) is 0 Å². The summed E-state index contributed by atoms with van der Waals surface area (Å²) in [5, 5.41) is 2.22. The molecule has 0 bridgehead atoms. The highest BCUT2D eigenvalue weighted by molar-refractivity contribution is 8.00. The van der Waals surface area contributed by atoms with Crippen molar-refractivity contribution in [1.29, 1.82) is 0 Å². The van der Waals surface area contributed by atoms with E-state index in [4.69, 9.17) is 13.9 Å². The van der Waals surface area contributed by atoms with E-state index in [1.807, 2.05) is 42.5 Å². The second kappa shape index (κ2) is 12.7. The summed E-state index contributed by atoms with van der Waals surface area (Å²) in [6.45, 7) is 7.62. The molecule has 0 amide bonds. The van der Waals surface area contributed by atoms with E-state index >= 15 is 0 Å². The average Bonchev–Trinajstić information content (AvgIpc) is 3.36. The standard InChI is InChI=1S/C32H35FN2O4SSi/c1-32(2,3)41(24-15-9-5-10-16-24,25-17-11-6-12-18-25)38-21-28-29(37-20-23-13-7-4-8-14-23)27(22-40-28)39-31-34-19-26(33)30(36)35-31/h4-19,27-29H,20-22H2,1-3H3,(H,34,35,36)/t27-,28-,29+/m1/s1. The first-order valence-corrected chi connectivity index (χ1v) is 16.7. The SMILES string of the molecule is CC(C)(C)[Si](OC[C@H]1SC[C@@H](Oc2ncc(F)c(=O)[nH]2)[C@@H]1OCc1ccccc1)(c1ccccc1)c1ccccc1. The Morgan fingerprint density at radius 1 is 0.951 bits per heavy atom. The molecule has 1 aliphatic heterocycles. The highest BCUT2D eigenvalue weighted by Gasteiger charge is 2.51. The first kappa shape index (κ1) is 29.3. The molecule has 2 heterocycles. The molecule has 6 nitrogen and oxygen atoms in total. The Kier molecular flexibility index (Phi) is 9.08. The summed E-state index contributed by atoms with van der Waals surface area (Å²) >= 11 is 1.72. The van der Waals surface area contributed by atoms with Crippen LogP contribution in [0.1, 0.15) is 26.3 Å². The molecular formula is C32H35FN2O4SSi. The van der Waals surface area contributed by atoms with Crippen LogP contribution in [0.25, 0.3) is 0 Å². The average molecular weight is 591 g/mol. The number of hydrogen-bond acceptors (Lipinski definition) is 6. The van der Waals surface area contributed by atoms with Crippen LogP contribution in [0.5, 0.6) is 6.01 Å². The number of rotatable bonds is 10. The van der Waals surface area contributed by atoms with E-state index in [1.54, 1.807) is 11.8 Å². The van der Waals surface area contributed by atoms with Gasteiger partial charge in [0, 0.05) is 12.4 Å². The quantitative estimate of drug-likeness (QED) is 0.264. The van der Waals surface area contributed by atoms with E-state index < -0.39 is 25.8 Å². The van der Waals surface area contributed by atoms with Crippen LogP contribution >= 0.6 is 11.8 Å². The highest BCUT2D eigenvalue weighted by atomic mass is 32.2. The lowest BCUT2D eigenvalue weighted by Gasteiger charge is -2.43. The van der Waals surface area contributed by atoms with Gasteiger partial charge in [0.05, 0.1) is 18.1 Å². The minimum absolute atomic E-state index is 0.0242. The molecule has 0 unspecified atom stereocenters. The molecule has 0 aliphatic carbocycles. The van der Waals surface area contributed by atoms with Crippen LogP contribution in [-0.2, 0) is 15.8 Å². The zero-order chi connectivity index (χ0) is 28.9. The van der Waals surface area contributed by atoms with E-state index in [0.29, 0.717) is 19.0 Å². The number of hydrogen-bond donors (Lipinski definition) is 1. The van der Waals surface area contributed by atoms with Crippen LogP contribution in [-0.4, -0.2) is 48.1 Å². The van der Waals surface area contributed by atoms with Crippen molar-refractivity contribution < 1.29 is 18.3 Å². The Hall–Kier alpha value is -3.24. The number of thioether (sulfide) groups is 1. The van der Waals surface area contributed by atoms with Gasteiger partial charge < -0.3 is 13.9 Å². The fraction of sp³-hybridized carbons (Fsp3) is 0.312. The minimum Gasteiger partial charge on any atom is -0.458 e. The summed E-state index contributed by atoms with van der Waals surface area (Å²) in [5.41, 5.74) is 0.178. The van der Waals surface area contributed by atoms with Gasteiger partial charge in [-0.25, -0.2) is 4.98 Å². The van der Waals surface area contributed by atoms with Gasteiger partial charge in [-0.3, -0.25) is 9.78 Å². The van der Waals surface area contributed by atoms with Crippen LogP contribution in [0.15, 0.2) is 102 Å². The van der Waals surface area contributed by atoms with E-state index in [1.165, 1.54) is 10.4 Å². The van der Waals surface area contributed by atoms with E-state index in [9.17, 15) is 9.18 Å². The largest absolute Gasteiger partial charge is 0.458 e. The van der Waals surface area contributed by atoms with Gasteiger partial charge in [0.1, 0.15) is 12.2 Å². The zero-order valence-corrected chi connectivity index (χ0v) is 25.3. The molecule has 3 aromatic carbocycles. The third kappa shape index (κ3) is 6.48. The van der Waals surface area contributed by atoms with Crippen molar-refractivity contribution in [2.75, 3.05) is 12.4 Å². The van der Waals surface area contributed by atoms with Gasteiger partial charge in [-0.15, -0.1) is 11.8 Å². The van der Waals surface area contributed by atoms with Crippen LogP contribution in [0.2, 0.25) is 5.04 Å². The topological polar surface area (TPSA) is 73.4 Å². The van der Waals surface area contributed by atoms with Crippen LogP contribution in [0.4, 0.5) is 4.39 Å². The number of H-pyrrole nitrogens is 1. The molecule has 0 spiro atoms. The predicted octanol–water partition coefficient (Wildman–Crippen LogP) is 4.93. The molecule has 1 aromatic heterocycles. The highest BCUT2D eigenvalue weighted by Crippen LogP contribution is 2.39. The zero-order valence-electron chi connectivity index (χ0n) is 23.5. The molecule has 3 atom stereocenters. The molecule has 0 radical (unpaired) electrons. The van der Waals surface area contributed by atoms with Gasteiger partial charge in [-0.2, -0.15) is 4.39 Å². The van der Waals surface area contributed by atoms with Gasteiger partial charge in [0.25, 0.3) is 19.9 Å². The molecule has 0 saturated carbocycles. The molecule has 9 heteroatoms. The fourth-order valence-corrected chi connectivity index (χ4v) is 11.4. The minimum atomic E-state index is -2.75. The molecule has 41 heavy (non-hydrogen) atoms. The Balaban J connectivity index is 1.44. The molecule has 214 valence electrons. The molecule has 1 aliphatic rings. The maximum Gasteiger partial charge on any atom is 0.296 e. The Morgan fingerprint density at radius 3 is 2.10 bits per heavy atom. The number of ether oxygens (including phenoxy) is 2. The van der Waals surface area contributed by atoms with Crippen molar-refractivity contribution >= 4 is 30.5 Å². The Labute approximate surface area is 245 Å². The number of halogens is 1. The monoisotopic (exact) mass is 590 g/mol. The van der Waals surface area contributed by atoms with Gasteiger partial charge in [-0.1, -0.05) is 112 Å². The Morgan fingerprint density at radius 2 is 1.54 bits per heavy atom. The summed E-state index contributed by atoms with van der Waals surface area (Å²) in [6, 6.07) is 31.0. The van der Waals surface area contributed by atoms with Crippen LogP contribution in [0, 0.1) is 5.82 Å². The lowest BCUT2D eigenvalue weighted by molar-refractivity contribution is -0.0285. The van der Waals surface area contributed by atoms with E-state index in [-0.39, 0.29) is 22.4 Å². The van der Waals surface area contributed by atoms with Gasteiger partial charge in [0.2, 0.25) is 5.82 Å². The van der Waals surface area contributed by atoms with Crippen molar-refractivity contribution in [2.24, 2.45) is 0 Å². The number of benzene rings is 3. The fourth-order valence-electron chi connectivity index (χ4n) is 5.41. The first-order chi connectivity index (χ1) is 19.8. The molecule has 4 aromatic rings. The van der Waals surface area contributed by atoms with Crippen molar-refractivity contribution in [1.82, 2.24) is 9.97 Å². The van der Waals surface area contributed by atoms with Gasteiger partial charge >= 0.3 is 0 Å². The number of aromatic nitrogens is 2. The van der Waals surface area contributed by atoms with Crippen molar-refractivity contribution in [3.05, 3.63) is 119 Å². The predicted molar refractivity (Wildman–Crippen MR) is 164 cm³/mol. The normalized spacial score (nSPS) is 19.3. The first-order valence-electron chi connectivity index (χ1n) is 13.7. The van der Waals surface area contributed by atoms with Crippen LogP contribution in [0.3, 0.4) is 0 Å². The van der Waals surface area contributed by atoms with Crippen molar-refractivity contribution in [3.8, 4) is 6.01 Å². The molecule has 5 rings (SSSR count). The third-order valence-electron chi connectivity index (χ3n) is 7.37. The summed E-state index contributed by atoms with van der Waals surface area (Å²) in [7, 11) is -2.75. The molecular weight excluding hydrogens is 556 g/mol. The third-order valence-corrected chi connectivity index (χ3v) is 13.7. The van der Waals surface area contributed by atoms with Crippen LogP contribution < -0.4 is 20.7 Å². The number of nitrogens with zero attached hydrogens (tertiary/aromatic N) is 1. The Bertz CT molecular complexity index is 1430. The number of nitrogens with one attached hydrogen (secondary N) is 1. The molecule has 1 saturated heterocycles. The maximum atomic E-state index is 13.5. The molecule has 1 N–H and O–H groups in total. The summed E-state index contributed by atoms with van der Waals surface area (Å²) in [4.78, 5) is 18.2. The summed E-state index contributed by atoms with van der Waals surface area (Å²) in [6.07, 6.45) is 0.110. The van der Waals surface area contributed by atoms with Gasteiger partial charge in [-0.05, 0) is 21.0 Å². The van der Waals surface area contributed by atoms with Crippen molar-refractivity contribution in [2.45, 2.75) is 49.9 Å². The van der Waals surface area contributed by atoms with Crippen molar-refractivity contribution in [3.63, 3.8) is 0 Å². The lowest BCUT2D eigenvalue weighted by Crippen LogP contribution is -2.67. The number of aromatic amines is 1. The summed E-state index contributed by atoms with van der Waals surface area (Å²) in [5.74, 6) is -0.346. The van der Waals surface area contributed by atoms with E-state index in [2.05, 4.69) is 79.3 Å². The molecule has 1 fully saturated rings.